The molecule has 1 amide bonds. The Hall–Kier alpha value is -1.52. The van der Waals surface area contributed by atoms with Gasteiger partial charge in [0, 0.05) is 10.2 Å². The minimum atomic E-state index is -0.603. The van der Waals surface area contributed by atoms with Crippen LogP contribution in [0.2, 0.25) is 5.02 Å². The lowest BCUT2D eigenvalue weighted by Crippen LogP contribution is -2.30. The number of nitrogens with one attached hydrogen (secondary N) is 1. The van der Waals surface area contributed by atoms with Gasteiger partial charge in [-0.2, -0.15) is 0 Å². The first-order valence-electron chi connectivity index (χ1n) is 6.45. The van der Waals surface area contributed by atoms with Crippen LogP contribution in [0.15, 0.2) is 46.9 Å². The molecular formula is C16H15BrClNO2. The zero-order valence-electron chi connectivity index (χ0n) is 11.7. The lowest BCUT2D eigenvalue weighted by molar-refractivity contribution is -0.122. The summed E-state index contributed by atoms with van der Waals surface area (Å²) in [4.78, 5) is 12.1. The monoisotopic (exact) mass is 367 g/mol. The van der Waals surface area contributed by atoms with Crippen molar-refractivity contribution in [3.05, 3.63) is 57.5 Å². The minimum Gasteiger partial charge on any atom is -0.481 e. The molecule has 3 nitrogen and oxygen atoms in total. The Bertz CT molecular complexity index is 660. The number of halogens is 2. The first-order chi connectivity index (χ1) is 9.97. The number of para-hydroxylation sites is 1. The fourth-order valence-electron chi connectivity index (χ4n) is 1.75. The molecule has 0 unspecified atom stereocenters. The van der Waals surface area contributed by atoms with E-state index in [4.69, 9.17) is 16.3 Å². The standard InChI is InChI=1S/C16H15BrClNO2/c1-10-5-3-4-6-15(10)21-11(2)16(20)19-12-7-8-13(17)14(18)9-12/h3-9,11H,1-2H3,(H,19,20)/t11-/m0/s1. The minimum absolute atomic E-state index is 0.225. The van der Waals surface area contributed by atoms with Gasteiger partial charge in [0.2, 0.25) is 0 Å². The van der Waals surface area contributed by atoms with Crippen molar-refractivity contribution >= 4 is 39.1 Å². The summed E-state index contributed by atoms with van der Waals surface area (Å²) < 4.78 is 6.46. The SMILES string of the molecule is Cc1ccccc1O[C@@H](C)C(=O)Nc1ccc(Br)c(Cl)c1. The Kier molecular flexibility index (Phi) is 5.26. The van der Waals surface area contributed by atoms with Crippen molar-refractivity contribution in [2.24, 2.45) is 0 Å². The van der Waals surface area contributed by atoms with Crippen molar-refractivity contribution in [1.29, 1.82) is 0 Å². The van der Waals surface area contributed by atoms with Crippen LogP contribution in [0, 0.1) is 6.92 Å². The number of benzene rings is 2. The maximum Gasteiger partial charge on any atom is 0.265 e. The quantitative estimate of drug-likeness (QED) is 0.840. The molecule has 0 aromatic heterocycles. The van der Waals surface area contributed by atoms with Crippen LogP contribution in [0.5, 0.6) is 5.75 Å². The second-order valence-corrected chi connectivity index (χ2v) is 5.91. The van der Waals surface area contributed by atoms with E-state index in [2.05, 4.69) is 21.2 Å². The smallest absolute Gasteiger partial charge is 0.265 e. The summed E-state index contributed by atoms with van der Waals surface area (Å²) in [6.45, 7) is 3.65. The Balaban J connectivity index is 2.02. The molecular weight excluding hydrogens is 354 g/mol. The van der Waals surface area contributed by atoms with Crippen LogP contribution in [0.1, 0.15) is 12.5 Å². The molecule has 0 spiro atoms. The molecule has 21 heavy (non-hydrogen) atoms. The number of anilines is 1. The van der Waals surface area contributed by atoms with Gasteiger partial charge in [0.05, 0.1) is 5.02 Å². The molecule has 0 fully saturated rings. The van der Waals surface area contributed by atoms with Crippen molar-refractivity contribution in [2.45, 2.75) is 20.0 Å². The molecule has 0 aliphatic heterocycles. The number of hydrogen-bond acceptors (Lipinski definition) is 2. The summed E-state index contributed by atoms with van der Waals surface area (Å²) in [7, 11) is 0. The highest BCUT2D eigenvalue weighted by molar-refractivity contribution is 9.10. The predicted octanol–water partition coefficient (Wildman–Crippen LogP) is 4.82. The predicted molar refractivity (Wildman–Crippen MR) is 89.1 cm³/mol. The Morgan fingerprint density at radius 1 is 1.29 bits per heavy atom. The van der Waals surface area contributed by atoms with Gasteiger partial charge in [0.15, 0.2) is 6.10 Å². The summed E-state index contributed by atoms with van der Waals surface area (Å²) in [5, 5.41) is 3.32. The van der Waals surface area contributed by atoms with Crippen molar-refractivity contribution in [3.8, 4) is 5.75 Å². The van der Waals surface area contributed by atoms with Gasteiger partial charge in [0.25, 0.3) is 5.91 Å². The number of amides is 1. The average molecular weight is 369 g/mol. The zero-order valence-corrected chi connectivity index (χ0v) is 14.0. The van der Waals surface area contributed by atoms with Gasteiger partial charge in [-0.15, -0.1) is 0 Å². The van der Waals surface area contributed by atoms with E-state index in [1.807, 2.05) is 31.2 Å². The summed E-state index contributed by atoms with van der Waals surface area (Å²) >= 11 is 9.31. The maximum absolute atomic E-state index is 12.1. The molecule has 0 saturated heterocycles. The van der Waals surface area contributed by atoms with Crippen molar-refractivity contribution in [2.75, 3.05) is 5.32 Å². The first-order valence-corrected chi connectivity index (χ1v) is 7.62. The summed E-state index contributed by atoms with van der Waals surface area (Å²) in [5.41, 5.74) is 1.62. The van der Waals surface area contributed by atoms with Crippen LogP contribution in [0.3, 0.4) is 0 Å². The van der Waals surface area contributed by atoms with Crippen molar-refractivity contribution in [3.63, 3.8) is 0 Å². The van der Waals surface area contributed by atoms with Gasteiger partial charge in [-0.25, -0.2) is 0 Å². The fraction of sp³-hybridized carbons (Fsp3) is 0.188. The normalized spacial score (nSPS) is 11.8. The van der Waals surface area contributed by atoms with Crippen molar-refractivity contribution in [1.82, 2.24) is 0 Å². The highest BCUT2D eigenvalue weighted by Crippen LogP contribution is 2.25. The summed E-state index contributed by atoms with van der Waals surface area (Å²) in [6, 6.07) is 12.8. The highest BCUT2D eigenvalue weighted by atomic mass is 79.9. The topological polar surface area (TPSA) is 38.3 Å². The molecule has 2 rings (SSSR count). The van der Waals surface area contributed by atoms with Crippen LogP contribution >= 0.6 is 27.5 Å². The molecule has 2 aromatic carbocycles. The number of hydrogen-bond donors (Lipinski definition) is 1. The van der Waals surface area contributed by atoms with Crippen LogP contribution in [0.4, 0.5) is 5.69 Å². The summed E-state index contributed by atoms with van der Waals surface area (Å²) in [6.07, 6.45) is -0.603. The molecule has 2 aromatic rings. The van der Waals surface area contributed by atoms with E-state index < -0.39 is 6.10 Å². The lowest BCUT2D eigenvalue weighted by atomic mass is 10.2. The van der Waals surface area contributed by atoms with E-state index in [0.29, 0.717) is 16.5 Å². The van der Waals surface area contributed by atoms with Crippen LogP contribution in [0.25, 0.3) is 0 Å². The maximum atomic E-state index is 12.1. The molecule has 1 N–H and O–H groups in total. The average Bonchev–Trinajstić information content (AvgIpc) is 2.45. The van der Waals surface area contributed by atoms with E-state index in [0.717, 1.165) is 10.0 Å². The molecule has 0 heterocycles. The molecule has 0 aliphatic rings. The third-order valence-electron chi connectivity index (χ3n) is 2.95. The van der Waals surface area contributed by atoms with Gasteiger partial charge in [0.1, 0.15) is 5.75 Å². The molecule has 0 saturated carbocycles. The van der Waals surface area contributed by atoms with E-state index >= 15 is 0 Å². The fourth-order valence-corrected chi connectivity index (χ4v) is 2.18. The van der Waals surface area contributed by atoms with E-state index in [9.17, 15) is 4.79 Å². The molecule has 0 radical (unpaired) electrons. The van der Waals surface area contributed by atoms with Crippen molar-refractivity contribution < 1.29 is 9.53 Å². The lowest BCUT2D eigenvalue weighted by Gasteiger charge is -2.16. The second kappa shape index (κ2) is 6.96. The second-order valence-electron chi connectivity index (χ2n) is 4.64. The molecule has 110 valence electrons. The van der Waals surface area contributed by atoms with E-state index in [-0.39, 0.29) is 5.91 Å². The number of aryl methyl sites for hydroxylation is 1. The van der Waals surface area contributed by atoms with E-state index in [1.54, 1.807) is 25.1 Å². The number of carbonyl (C=O) groups excluding carboxylic acids is 1. The third kappa shape index (κ3) is 4.22. The van der Waals surface area contributed by atoms with Crippen LogP contribution in [-0.2, 0) is 4.79 Å². The molecule has 1 atom stereocenters. The Morgan fingerprint density at radius 2 is 2.00 bits per heavy atom. The summed E-state index contributed by atoms with van der Waals surface area (Å²) in [5.74, 6) is 0.477. The largest absolute Gasteiger partial charge is 0.481 e. The third-order valence-corrected chi connectivity index (χ3v) is 4.19. The molecule has 5 heteroatoms. The highest BCUT2D eigenvalue weighted by Gasteiger charge is 2.16. The van der Waals surface area contributed by atoms with Gasteiger partial charge < -0.3 is 10.1 Å². The van der Waals surface area contributed by atoms with Crippen LogP contribution in [-0.4, -0.2) is 12.0 Å². The van der Waals surface area contributed by atoms with E-state index in [1.165, 1.54) is 0 Å². The van der Waals surface area contributed by atoms with Gasteiger partial charge in [-0.05, 0) is 59.6 Å². The Morgan fingerprint density at radius 3 is 2.67 bits per heavy atom. The van der Waals surface area contributed by atoms with Gasteiger partial charge >= 0.3 is 0 Å². The zero-order chi connectivity index (χ0) is 15.4. The van der Waals surface area contributed by atoms with Gasteiger partial charge in [-0.3, -0.25) is 4.79 Å². The number of rotatable bonds is 4. The Labute approximate surface area is 137 Å². The van der Waals surface area contributed by atoms with Crippen LogP contribution < -0.4 is 10.1 Å². The molecule has 0 aliphatic carbocycles. The number of carbonyl (C=O) groups is 1. The van der Waals surface area contributed by atoms with Gasteiger partial charge in [-0.1, -0.05) is 29.8 Å². The first kappa shape index (κ1) is 15.9. The molecule has 0 bridgehead atoms. The number of ether oxygens (including phenoxy) is 1.